The summed E-state index contributed by atoms with van der Waals surface area (Å²) in [6, 6.07) is 13.8. The van der Waals surface area contributed by atoms with Crippen molar-refractivity contribution < 1.29 is 4.79 Å². The van der Waals surface area contributed by atoms with Crippen LogP contribution in [0.2, 0.25) is 0 Å². The molecule has 0 fully saturated rings. The molecule has 4 aromatic heterocycles. The third-order valence-electron chi connectivity index (χ3n) is 5.75. The van der Waals surface area contributed by atoms with Crippen LogP contribution in [0.15, 0.2) is 59.6 Å². The van der Waals surface area contributed by atoms with E-state index in [4.69, 9.17) is 0 Å². The van der Waals surface area contributed by atoms with E-state index in [1.807, 2.05) is 42.8 Å². The second-order valence-electron chi connectivity index (χ2n) is 9.51. The van der Waals surface area contributed by atoms with E-state index in [1.165, 1.54) is 0 Å². The molecule has 5 rings (SSSR count). The summed E-state index contributed by atoms with van der Waals surface area (Å²) in [6.45, 7) is 6.30. The van der Waals surface area contributed by atoms with Crippen molar-refractivity contribution in [2.45, 2.75) is 32.6 Å². The molecule has 0 radical (unpaired) electrons. The van der Waals surface area contributed by atoms with Gasteiger partial charge < -0.3 is 15.6 Å². The number of anilines is 3. The van der Waals surface area contributed by atoms with Crippen LogP contribution in [0, 0.1) is 0 Å². The normalized spacial score (nSPS) is 11.7. The third kappa shape index (κ3) is 4.95. The van der Waals surface area contributed by atoms with Crippen molar-refractivity contribution in [2.24, 2.45) is 7.05 Å². The van der Waals surface area contributed by atoms with Gasteiger partial charge in [-0.05, 0) is 35.2 Å². The van der Waals surface area contributed by atoms with E-state index < -0.39 is 0 Å². The summed E-state index contributed by atoms with van der Waals surface area (Å²) < 4.78 is 1.71. The lowest BCUT2D eigenvalue weighted by Crippen LogP contribution is -2.16. The molecular formula is C26H27N7OS. The fourth-order valence-corrected chi connectivity index (χ4v) is 4.43. The highest BCUT2D eigenvalue weighted by atomic mass is 32.1. The minimum absolute atomic E-state index is 0.0787. The largest absolute Gasteiger partial charge is 0.340 e. The van der Waals surface area contributed by atoms with Crippen molar-refractivity contribution in [1.82, 2.24) is 24.7 Å². The number of fused-ring (bicyclic) bond motifs is 1. The van der Waals surface area contributed by atoms with Gasteiger partial charge in [0.2, 0.25) is 5.91 Å². The highest BCUT2D eigenvalue weighted by Gasteiger charge is 2.19. The Balaban J connectivity index is 1.26. The Morgan fingerprint density at radius 1 is 1.11 bits per heavy atom. The zero-order chi connectivity index (χ0) is 24.6. The van der Waals surface area contributed by atoms with Gasteiger partial charge in [0.05, 0.1) is 17.5 Å². The molecule has 0 atom stereocenters. The van der Waals surface area contributed by atoms with Gasteiger partial charge in [0.1, 0.15) is 23.6 Å². The van der Waals surface area contributed by atoms with E-state index in [1.54, 1.807) is 22.3 Å². The zero-order valence-electron chi connectivity index (χ0n) is 20.1. The van der Waals surface area contributed by atoms with E-state index in [2.05, 4.69) is 69.0 Å². The van der Waals surface area contributed by atoms with Gasteiger partial charge in [0.15, 0.2) is 0 Å². The molecule has 178 valence electrons. The Labute approximate surface area is 207 Å². The number of aryl methyl sites for hydroxylation is 1. The number of aromatic amines is 1. The van der Waals surface area contributed by atoms with Crippen LogP contribution in [0.4, 0.5) is 17.3 Å². The monoisotopic (exact) mass is 485 g/mol. The van der Waals surface area contributed by atoms with Crippen LogP contribution in [0.3, 0.4) is 0 Å². The Kier molecular flexibility index (Phi) is 5.86. The Bertz CT molecular complexity index is 1470. The molecular weight excluding hydrogens is 458 g/mol. The molecule has 0 unspecified atom stereocenters. The molecule has 5 aromatic rings. The number of rotatable bonds is 6. The minimum Gasteiger partial charge on any atom is -0.340 e. The van der Waals surface area contributed by atoms with Gasteiger partial charge in [-0.3, -0.25) is 9.48 Å². The van der Waals surface area contributed by atoms with Crippen LogP contribution in [0.5, 0.6) is 0 Å². The molecule has 4 heterocycles. The standard InChI is InChI=1S/C26H27N7OS/c1-26(2,3)21-13-22(33(4)32-21)31-23(34)11-16-5-7-18(8-6-16)29-24-19-12-20(17-9-10-35-14-17)30-25(19)28-15-27-24/h5-10,12-15H,11H2,1-4H3,(H,31,34)(H2,27,28,29,30). The predicted octanol–water partition coefficient (Wildman–Crippen LogP) is 5.64. The van der Waals surface area contributed by atoms with Crippen LogP contribution >= 0.6 is 11.3 Å². The minimum atomic E-state index is -0.0834. The van der Waals surface area contributed by atoms with E-state index in [-0.39, 0.29) is 17.7 Å². The van der Waals surface area contributed by atoms with Gasteiger partial charge in [0.25, 0.3) is 0 Å². The first kappa shape index (κ1) is 22.8. The Hall–Kier alpha value is -3.98. The third-order valence-corrected chi connectivity index (χ3v) is 6.44. The average molecular weight is 486 g/mol. The van der Waals surface area contributed by atoms with E-state index in [0.717, 1.165) is 45.1 Å². The summed E-state index contributed by atoms with van der Waals surface area (Å²) in [4.78, 5) is 24.8. The summed E-state index contributed by atoms with van der Waals surface area (Å²) in [7, 11) is 1.84. The molecule has 1 amide bonds. The Morgan fingerprint density at radius 3 is 2.60 bits per heavy atom. The number of nitrogens with zero attached hydrogens (tertiary/aromatic N) is 4. The number of amides is 1. The molecule has 0 saturated carbocycles. The molecule has 0 bridgehead atoms. The highest BCUT2D eigenvalue weighted by Crippen LogP contribution is 2.29. The first-order valence-corrected chi connectivity index (χ1v) is 12.3. The topological polar surface area (TPSA) is 101 Å². The molecule has 0 aliphatic carbocycles. The maximum atomic E-state index is 12.6. The van der Waals surface area contributed by atoms with Crippen LogP contribution in [0.1, 0.15) is 32.0 Å². The van der Waals surface area contributed by atoms with Crippen molar-refractivity contribution >= 4 is 45.6 Å². The fraction of sp³-hybridized carbons (Fsp3) is 0.231. The van der Waals surface area contributed by atoms with Gasteiger partial charge in [-0.25, -0.2) is 9.97 Å². The molecule has 0 saturated heterocycles. The maximum absolute atomic E-state index is 12.6. The number of aromatic nitrogens is 5. The van der Waals surface area contributed by atoms with E-state index in [0.29, 0.717) is 5.82 Å². The van der Waals surface area contributed by atoms with Crippen LogP contribution in [-0.2, 0) is 23.7 Å². The number of hydrogen-bond acceptors (Lipinski definition) is 6. The summed E-state index contributed by atoms with van der Waals surface area (Å²) in [5, 5.41) is 15.9. The van der Waals surface area contributed by atoms with Gasteiger partial charge in [0, 0.05) is 40.9 Å². The molecule has 0 aliphatic heterocycles. The number of thiophene rings is 1. The smallest absolute Gasteiger partial charge is 0.229 e. The first-order chi connectivity index (χ1) is 16.8. The highest BCUT2D eigenvalue weighted by molar-refractivity contribution is 7.08. The lowest BCUT2D eigenvalue weighted by Gasteiger charge is -2.13. The summed E-state index contributed by atoms with van der Waals surface area (Å²) in [5.74, 6) is 1.34. The van der Waals surface area contributed by atoms with Crippen LogP contribution in [0.25, 0.3) is 22.3 Å². The lowest BCUT2D eigenvalue weighted by atomic mass is 9.92. The Morgan fingerprint density at radius 2 is 1.91 bits per heavy atom. The second-order valence-corrected chi connectivity index (χ2v) is 10.3. The van der Waals surface area contributed by atoms with Gasteiger partial charge in [-0.1, -0.05) is 32.9 Å². The molecule has 35 heavy (non-hydrogen) atoms. The van der Waals surface area contributed by atoms with Gasteiger partial charge >= 0.3 is 0 Å². The molecule has 1 aromatic carbocycles. The van der Waals surface area contributed by atoms with Crippen molar-refractivity contribution in [3.05, 3.63) is 70.8 Å². The summed E-state index contributed by atoms with van der Waals surface area (Å²) >= 11 is 1.65. The molecule has 9 heteroatoms. The molecule has 8 nitrogen and oxygen atoms in total. The van der Waals surface area contributed by atoms with Crippen molar-refractivity contribution in [1.29, 1.82) is 0 Å². The van der Waals surface area contributed by atoms with E-state index in [9.17, 15) is 4.79 Å². The average Bonchev–Trinajstić information content (AvgIpc) is 3.55. The summed E-state index contributed by atoms with van der Waals surface area (Å²) in [6.07, 6.45) is 1.82. The molecule has 3 N–H and O–H groups in total. The van der Waals surface area contributed by atoms with Crippen LogP contribution < -0.4 is 10.6 Å². The predicted molar refractivity (Wildman–Crippen MR) is 141 cm³/mol. The quantitative estimate of drug-likeness (QED) is 0.289. The number of H-pyrrole nitrogens is 1. The summed E-state index contributed by atoms with van der Waals surface area (Å²) in [5.41, 5.74) is 5.58. The van der Waals surface area contributed by atoms with Crippen molar-refractivity contribution in [2.75, 3.05) is 10.6 Å². The number of carbonyl (C=O) groups is 1. The number of benzene rings is 1. The molecule has 0 aliphatic rings. The lowest BCUT2D eigenvalue weighted by molar-refractivity contribution is -0.115. The SMILES string of the molecule is Cn1nc(C(C)(C)C)cc1NC(=O)Cc1ccc(Nc2ncnc3[nH]c(-c4ccsc4)cc23)cc1. The first-order valence-electron chi connectivity index (χ1n) is 11.3. The van der Waals surface area contributed by atoms with E-state index >= 15 is 0 Å². The van der Waals surface area contributed by atoms with Gasteiger partial charge in [-0.2, -0.15) is 16.4 Å². The zero-order valence-corrected chi connectivity index (χ0v) is 20.9. The maximum Gasteiger partial charge on any atom is 0.229 e. The number of hydrogen-bond donors (Lipinski definition) is 3. The van der Waals surface area contributed by atoms with Gasteiger partial charge in [-0.15, -0.1) is 0 Å². The van der Waals surface area contributed by atoms with Crippen molar-refractivity contribution in [3.63, 3.8) is 0 Å². The fourth-order valence-electron chi connectivity index (χ4n) is 3.78. The molecule has 0 spiro atoms. The van der Waals surface area contributed by atoms with Crippen molar-refractivity contribution in [3.8, 4) is 11.3 Å². The second kappa shape index (κ2) is 8.99. The number of nitrogens with one attached hydrogen (secondary N) is 3. The van der Waals surface area contributed by atoms with Crippen LogP contribution in [-0.4, -0.2) is 30.6 Å². The number of carbonyl (C=O) groups excluding carboxylic acids is 1.